The van der Waals surface area contributed by atoms with Crippen molar-refractivity contribution < 1.29 is 52.1 Å². The van der Waals surface area contributed by atoms with Gasteiger partial charge in [0.2, 0.25) is 0 Å². The number of aryl methyl sites for hydroxylation is 1. The van der Waals surface area contributed by atoms with E-state index < -0.39 is 27.2 Å². The van der Waals surface area contributed by atoms with Crippen LogP contribution in [-0.2, 0) is 17.2 Å². The molecular formula is C19H13NNaO6S+. The minimum absolute atomic E-state index is 0. The van der Waals surface area contributed by atoms with Crippen LogP contribution in [0.1, 0.15) is 26.3 Å². The smallest absolute Gasteiger partial charge is 0.311 e. The molecule has 1 heterocycles. The molecule has 9 heteroatoms. The van der Waals surface area contributed by atoms with Crippen molar-refractivity contribution in [2.75, 3.05) is 5.75 Å². The molecule has 1 aliphatic rings. The molecule has 0 atom stereocenters. The third-order valence-corrected chi connectivity index (χ3v) is 5.33. The first kappa shape index (κ1) is 20.6. The van der Waals surface area contributed by atoms with Crippen LogP contribution >= 0.6 is 0 Å². The Bertz CT molecular complexity index is 1340. The second-order valence-electron chi connectivity index (χ2n) is 6.34. The Morgan fingerprint density at radius 2 is 1.61 bits per heavy atom. The normalized spacial score (nSPS) is 12.4. The van der Waals surface area contributed by atoms with Crippen molar-refractivity contribution in [1.29, 1.82) is 0 Å². The molecule has 136 valence electrons. The van der Waals surface area contributed by atoms with Crippen LogP contribution in [-0.4, -0.2) is 34.9 Å². The fourth-order valence-corrected chi connectivity index (χ4v) is 4.07. The molecule has 0 radical (unpaired) electrons. The maximum absolute atomic E-state index is 12.9. The van der Waals surface area contributed by atoms with E-state index in [0.29, 0.717) is 27.6 Å². The molecule has 7 nitrogen and oxygen atoms in total. The molecule has 4 rings (SSSR count). The van der Waals surface area contributed by atoms with E-state index in [4.69, 9.17) is 4.55 Å². The van der Waals surface area contributed by atoms with Gasteiger partial charge < -0.3 is 4.57 Å². The van der Waals surface area contributed by atoms with Crippen LogP contribution < -0.4 is 35.1 Å². The van der Waals surface area contributed by atoms with E-state index in [0.717, 1.165) is 0 Å². The first-order valence-corrected chi connectivity index (χ1v) is 9.60. The minimum Gasteiger partial charge on any atom is -0.311 e. The van der Waals surface area contributed by atoms with Gasteiger partial charge in [-0.2, -0.15) is 8.42 Å². The number of aromatic nitrogens is 1. The van der Waals surface area contributed by atoms with Crippen LogP contribution in [0.3, 0.4) is 0 Å². The molecule has 1 aromatic heterocycles. The second kappa shape index (κ2) is 7.06. The van der Waals surface area contributed by atoms with E-state index in [1.165, 1.54) is 11.6 Å². The number of ketones is 2. The summed E-state index contributed by atoms with van der Waals surface area (Å²) in [6.45, 7) is 0. The average Bonchev–Trinajstić information content (AvgIpc) is 2.61. The molecule has 0 spiro atoms. The van der Waals surface area contributed by atoms with Crippen molar-refractivity contribution in [3.63, 3.8) is 0 Å². The van der Waals surface area contributed by atoms with Gasteiger partial charge in [-0.3, -0.25) is 18.9 Å². The SMILES string of the molecule is Cn1c(=O)c(C(=O)CS(=O)(=O)O)c2c3c(cccc31)C(=O)c1ccccc1-2.[Na+]. The number of Topliss-reactive ketones (excluding diaryl/α,β-unsaturated/α-hetero) is 1. The number of pyridine rings is 1. The van der Waals surface area contributed by atoms with E-state index >= 15 is 0 Å². The third kappa shape index (κ3) is 3.07. The van der Waals surface area contributed by atoms with Crippen LogP contribution in [0.15, 0.2) is 47.3 Å². The van der Waals surface area contributed by atoms with Crippen LogP contribution in [0.5, 0.6) is 0 Å². The fraction of sp³-hybridized carbons (Fsp3) is 0.105. The molecule has 0 fully saturated rings. The van der Waals surface area contributed by atoms with Gasteiger partial charge in [0.15, 0.2) is 11.6 Å². The Kier molecular flexibility index (Phi) is 5.20. The molecule has 1 aliphatic carbocycles. The zero-order valence-electron chi connectivity index (χ0n) is 15.1. The van der Waals surface area contributed by atoms with Crippen LogP contribution in [0.4, 0.5) is 0 Å². The molecule has 0 saturated heterocycles. The predicted molar refractivity (Wildman–Crippen MR) is 98.8 cm³/mol. The van der Waals surface area contributed by atoms with Crippen molar-refractivity contribution in [2.45, 2.75) is 0 Å². The number of hydrogen-bond acceptors (Lipinski definition) is 5. The molecule has 0 aliphatic heterocycles. The van der Waals surface area contributed by atoms with Crippen LogP contribution in [0.2, 0.25) is 0 Å². The number of carbonyl (C=O) groups excluding carboxylic acids is 2. The van der Waals surface area contributed by atoms with E-state index in [1.807, 2.05) is 0 Å². The number of benzene rings is 2. The first-order chi connectivity index (χ1) is 12.7. The largest absolute Gasteiger partial charge is 1.00 e. The quantitative estimate of drug-likeness (QED) is 0.261. The minimum atomic E-state index is -4.62. The number of hydrogen-bond donors (Lipinski definition) is 1. The fourth-order valence-electron chi connectivity index (χ4n) is 3.59. The summed E-state index contributed by atoms with van der Waals surface area (Å²) in [5, 5.41) is 0.419. The number of carbonyl (C=O) groups is 2. The maximum Gasteiger partial charge on any atom is 1.00 e. The topological polar surface area (TPSA) is 111 Å². The van der Waals surface area contributed by atoms with Crippen LogP contribution in [0.25, 0.3) is 22.0 Å². The molecule has 0 amide bonds. The summed E-state index contributed by atoms with van der Waals surface area (Å²) in [4.78, 5) is 38.4. The van der Waals surface area contributed by atoms with Gasteiger partial charge in [-0.25, -0.2) is 0 Å². The summed E-state index contributed by atoms with van der Waals surface area (Å²) in [5.74, 6) is -2.47. The Labute approximate surface area is 182 Å². The summed E-state index contributed by atoms with van der Waals surface area (Å²) in [6.07, 6.45) is 0. The zero-order valence-corrected chi connectivity index (χ0v) is 17.9. The van der Waals surface area contributed by atoms with Gasteiger partial charge in [-0.15, -0.1) is 0 Å². The van der Waals surface area contributed by atoms with E-state index in [2.05, 4.69) is 0 Å². The summed E-state index contributed by atoms with van der Waals surface area (Å²) in [5.41, 5.74) is 0.695. The van der Waals surface area contributed by atoms with Crippen molar-refractivity contribution in [1.82, 2.24) is 4.57 Å². The van der Waals surface area contributed by atoms with Crippen molar-refractivity contribution >= 4 is 32.6 Å². The molecule has 3 aromatic rings. The molecule has 0 unspecified atom stereocenters. The third-order valence-electron chi connectivity index (χ3n) is 4.70. The van der Waals surface area contributed by atoms with Crippen molar-refractivity contribution in [3.05, 3.63) is 69.5 Å². The van der Waals surface area contributed by atoms with Crippen LogP contribution in [0, 0.1) is 0 Å². The van der Waals surface area contributed by atoms with Crippen molar-refractivity contribution in [2.24, 2.45) is 7.05 Å². The van der Waals surface area contributed by atoms with Gasteiger partial charge in [-0.1, -0.05) is 36.4 Å². The Balaban J connectivity index is 0.00000225. The number of nitrogens with zero attached hydrogens (tertiary/aromatic N) is 1. The summed E-state index contributed by atoms with van der Waals surface area (Å²) < 4.78 is 32.7. The van der Waals surface area contributed by atoms with Gasteiger partial charge in [0.1, 0.15) is 5.75 Å². The summed E-state index contributed by atoms with van der Waals surface area (Å²) in [7, 11) is -3.18. The van der Waals surface area contributed by atoms with Crippen molar-refractivity contribution in [3.8, 4) is 11.1 Å². The molecular weight excluding hydrogens is 393 g/mol. The van der Waals surface area contributed by atoms with E-state index in [1.54, 1.807) is 42.5 Å². The Hall–Kier alpha value is -2.10. The second-order valence-corrected chi connectivity index (χ2v) is 7.79. The molecule has 0 saturated carbocycles. The molecule has 28 heavy (non-hydrogen) atoms. The molecule has 1 N–H and O–H groups in total. The maximum atomic E-state index is 12.9. The standard InChI is InChI=1S/C19H13NO6S.Na/c1-20-13-8-4-7-12-15(13)16(10-5-2-3-6-11(10)18(12)22)17(19(20)23)14(21)9-27(24,25)26;/h2-8H,9H2,1H3,(H,24,25,26);/q;+1. The first-order valence-electron chi connectivity index (χ1n) is 7.99. The van der Waals surface area contributed by atoms with Gasteiger partial charge in [-0.05, 0) is 11.6 Å². The average molecular weight is 406 g/mol. The molecule has 2 aromatic carbocycles. The van der Waals surface area contributed by atoms with E-state index in [-0.39, 0.29) is 46.5 Å². The summed E-state index contributed by atoms with van der Waals surface area (Å²) in [6, 6.07) is 11.4. The predicted octanol–water partition coefficient (Wildman–Crippen LogP) is -1.18. The van der Waals surface area contributed by atoms with E-state index in [9.17, 15) is 22.8 Å². The van der Waals surface area contributed by atoms with Gasteiger partial charge in [0.05, 0.1) is 11.1 Å². The van der Waals surface area contributed by atoms with Gasteiger partial charge >= 0.3 is 29.6 Å². The number of fused-ring (bicyclic) bond motifs is 2. The van der Waals surface area contributed by atoms with Gasteiger partial charge in [0.25, 0.3) is 15.7 Å². The monoisotopic (exact) mass is 406 g/mol. The Morgan fingerprint density at radius 3 is 2.25 bits per heavy atom. The zero-order chi connectivity index (χ0) is 19.5. The van der Waals surface area contributed by atoms with Gasteiger partial charge in [0, 0.05) is 29.1 Å². The summed E-state index contributed by atoms with van der Waals surface area (Å²) >= 11 is 0. The Morgan fingerprint density at radius 1 is 1.00 bits per heavy atom. The molecule has 0 bridgehead atoms. The number of rotatable bonds is 3.